The summed E-state index contributed by atoms with van der Waals surface area (Å²) in [4.78, 5) is 25.8. The van der Waals surface area contributed by atoms with Gasteiger partial charge in [0.2, 0.25) is 5.91 Å². The fraction of sp³-hybridized carbons (Fsp3) is 0.333. The molecule has 1 aromatic heterocycles. The Kier molecular flexibility index (Phi) is 4.29. The first-order valence-corrected chi connectivity index (χ1v) is 7.69. The third-order valence-corrected chi connectivity index (χ3v) is 4.08. The van der Waals surface area contributed by atoms with Gasteiger partial charge in [-0.1, -0.05) is 23.7 Å². The lowest BCUT2D eigenvalue weighted by Gasteiger charge is -2.31. The zero-order valence-corrected chi connectivity index (χ0v) is 13.3. The lowest BCUT2D eigenvalue weighted by atomic mass is 10.0. The predicted molar refractivity (Wildman–Crippen MR) is 83.6 cm³/mol. The molecule has 1 N–H and O–H groups in total. The van der Waals surface area contributed by atoms with Gasteiger partial charge in [-0.2, -0.15) is 0 Å². The quantitative estimate of drug-likeness (QED) is 0.929. The Morgan fingerprint density at radius 1 is 1.30 bits per heavy atom. The molecule has 0 radical (unpaired) electrons. The van der Waals surface area contributed by atoms with Crippen LogP contribution in [0.4, 0.5) is 4.79 Å². The Morgan fingerprint density at radius 2 is 2.04 bits per heavy atom. The van der Waals surface area contributed by atoms with Gasteiger partial charge in [-0.25, -0.2) is 4.79 Å². The van der Waals surface area contributed by atoms with E-state index < -0.39 is 6.03 Å². The highest BCUT2D eigenvalue weighted by molar-refractivity contribution is 6.30. The van der Waals surface area contributed by atoms with Crippen LogP contribution in [-0.4, -0.2) is 31.6 Å². The van der Waals surface area contributed by atoms with Gasteiger partial charge in [0.25, 0.3) is 0 Å². The minimum absolute atomic E-state index is 0.117. The van der Waals surface area contributed by atoms with Crippen LogP contribution in [0.25, 0.3) is 0 Å². The molecule has 1 aromatic carbocycles. The third kappa shape index (κ3) is 3.19. The monoisotopic (exact) mass is 333 g/mol. The van der Waals surface area contributed by atoms with Crippen molar-refractivity contribution in [2.24, 2.45) is 0 Å². The van der Waals surface area contributed by atoms with Gasteiger partial charge in [0.15, 0.2) is 5.82 Å². The smallest absolute Gasteiger partial charge is 0.325 e. The molecule has 0 aliphatic carbocycles. The minimum atomic E-state index is -0.424. The molecule has 1 aliphatic rings. The van der Waals surface area contributed by atoms with Crippen molar-refractivity contribution in [2.45, 2.75) is 32.5 Å². The van der Waals surface area contributed by atoms with Crippen LogP contribution in [0.5, 0.6) is 0 Å². The largest absolute Gasteiger partial charge is 0.330 e. The highest BCUT2D eigenvalue weighted by Crippen LogP contribution is 2.24. The molecule has 7 nitrogen and oxygen atoms in total. The molecule has 3 amide bonds. The summed E-state index contributed by atoms with van der Waals surface area (Å²) in [6.07, 6.45) is 1.78. The number of halogens is 1. The molecule has 2 heterocycles. The summed E-state index contributed by atoms with van der Waals surface area (Å²) in [5.74, 6) is 0.347. The summed E-state index contributed by atoms with van der Waals surface area (Å²) < 4.78 is 1.80. The van der Waals surface area contributed by atoms with E-state index in [1.54, 1.807) is 23.0 Å². The van der Waals surface area contributed by atoms with Gasteiger partial charge in [-0.05, 0) is 24.6 Å². The molecule has 120 valence electrons. The number of hydrogen-bond donors (Lipinski definition) is 1. The van der Waals surface area contributed by atoms with Crippen molar-refractivity contribution >= 4 is 23.5 Å². The van der Waals surface area contributed by atoms with E-state index in [9.17, 15) is 9.59 Å². The standard InChI is InChI=1S/C15H16ClN5O2/c1-2-20-9-17-19-13(20)8-21-14(22)7-12(18-15(21)23)10-3-5-11(16)6-4-10/h3-6,9,12H,2,7-8H2,1H3,(H,18,23). The number of hydrogen-bond acceptors (Lipinski definition) is 4. The zero-order valence-electron chi connectivity index (χ0n) is 12.6. The van der Waals surface area contributed by atoms with Crippen LogP contribution in [0.15, 0.2) is 30.6 Å². The molecule has 1 saturated heterocycles. The second-order valence-electron chi connectivity index (χ2n) is 5.27. The summed E-state index contributed by atoms with van der Waals surface area (Å²) >= 11 is 5.86. The van der Waals surface area contributed by atoms with E-state index in [1.807, 2.05) is 19.1 Å². The summed E-state index contributed by atoms with van der Waals surface area (Å²) in [6.45, 7) is 2.74. The number of benzene rings is 1. The molecule has 1 unspecified atom stereocenters. The number of urea groups is 1. The average molecular weight is 334 g/mol. The molecule has 0 bridgehead atoms. The maximum Gasteiger partial charge on any atom is 0.325 e. The van der Waals surface area contributed by atoms with E-state index in [1.165, 1.54) is 4.90 Å². The molecule has 23 heavy (non-hydrogen) atoms. The molecule has 0 spiro atoms. The number of carbonyl (C=O) groups excluding carboxylic acids is 2. The Labute approximate surface area is 138 Å². The van der Waals surface area contributed by atoms with Gasteiger partial charge in [0.05, 0.1) is 19.0 Å². The molecule has 0 saturated carbocycles. The van der Waals surface area contributed by atoms with Crippen LogP contribution in [0, 0.1) is 0 Å². The van der Waals surface area contributed by atoms with E-state index in [0.29, 0.717) is 17.4 Å². The Hall–Kier alpha value is -2.41. The Balaban J connectivity index is 1.73. The van der Waals surface area contributed by atoms with Gasteiger partial charge in [-0.15, -0.1) is 10.2 Å². The molecule has 1 fully saturated rings. The van der Waals surface area contributed by atoms with Crippen molar-refractivity contribution in [1.82, 2.24) is 25.0 Å². The summed E-state index contributed by atoms with van der Waals surface area (Å²) in [5, 5.41) is 11.2. The number of aryl methyl sites for hydroxylation is 1. The van der Waals surface area contributed by atoms with E-state index in [4.69, 9.17) is 11.6 Å². The molecule has 2 aromatic rings. The van der Waals surface area contributed by atoms with E-state index in [-0.39, 0.29) is 24.9 Å². The molecule has 3 rings (SSSR count). The van der Waals surface area contributed by atoms with E-state index >= 15 is 0 Å². The van der Waals surface area contributed by atoms with Gasteiger partial charge in [0, 0.05) is 11.6 Å². The fourth-order valence-corrected chi connectivity index (χ4v) is 2.67. The molecule has 1 aliphatic heterocycles. The number of imide groups is 1. The molecule has 1 atom stereocenters. The predicted octanol–water partition coefficient (Wildman–Crippen LogP) is 2.13. The second kappa shape index (κ2) is 6.37. The van der Waals surface area contributed by atoms with Crippen LogP contribution in [-0.2, 0) is 17.9 Å². The van der Waals surface area contributed by atoms with Gasteiger partial charge in [0.1, 0.15) is 6.33 Å². The topological polar surface area (TPSA) is 80.1 Å². The molecular formula is C15H16ClN5O2. The van der Waals surface area contributed by atoms with Crippen LogP contribution in [0.3, 0.4) is 0 Å². The first-order valence-electron chi connectivity index (χ1n) is 7.31. The van der Waals surface area contributed by atoms with Crippen LogP contribution < -0.4 is 5.32 Å². The number of carbonyl (C=O) groups is 2. The highest BCUT2D eigenvalue weighted by Gasteiger charge is 2.33. The minimum Gasteiger partial charge on any atom is -0.330 e. The lowest BCUT2D eigenvalue weighted by molar-refractivity contribution is -0.130. The van der Waals surface area contributed by atoms with Crippen LogP contribution in [0.1, 0.15) is 30.8 Å². The number of aromatic nitrogens is 3. The molecule has 8 heteroatoms. The maximum absolute atomic E-state index is 12.4. The van der Waals surface area contributed by atoms with Crippen LogP contribution >= 0.6 is 11.6 Å². The number of nitrogens with zero attached hydrogens (tertiary/aromatic N) is 4. The van der Waals surface area contributed by atoms with Gasteiger partial charge in [-0.3, -0.25) is 9.69 Å². The van der Waals surface area contributed by atoms with E-state index in [0.717, 1.165) is 5.56 Å². The van der Waals surface area contributed by atoms with Crippen molar-refractivity contribution in [3.8, 4) is 0 Å². The second-order valence-corrected chi connectivity index (χ2v) is 5.71. The fourth-order valence-electron chi connectivity index (χ4n) is 2.54. The van der Waals surface area contributed by atoms with Crippen molar-refractivity contribution in [3.05, 3.63) is 47.0 Å². The SMILES string of the molecule is CCn1cnnc1CN1C(=O)CC(c2ccc(Cl)cc2)NC1=O. The van der Waals surface area contributed by atoms with Crippen molar-refractivity contribution in [3.63, 3.8) is 0 Å². The summed E-state index contributed by atoms with van der Waals surface area (Å²) in [7, 11) is 0. The van der Waals surface area contributed by atoms with Crippen molar-refractivity contribution in [1.29, 1.82) is 0 Å². The highest BCUT2D eigenvalue weighted by atomic mass is 35.5. The van der Waals surface area contributed by atoms with Crippen molar-refractivity contribution < 1.29 is 9.59 Å². The number of amides is 3. The first-order chi connectivity index (χ1) is 11.1. The zero-order chi connectivity index (χ0) is 16.4. The normalized spacial score (nSPS) is 18.2. The number of rotatable bonds is 4. The average Bonchev–Trinajstić information content (AvgIpc) is 2.98. The Morgan fingerprint density at radius 3 is 2.70 bits per heavy atom. The van der Waals surface area contributed by atoms with Gasteiger partial charge < -0.3 is 9.88 Å². The first kappa shape index (κ1) is 15.5. The number of nitrogens with one attached hydrogen (secondary N) is 1. The van der Waals surface area contributed by atoms with E-state index in [2.05, 4.69) is 15.5 Å². The summed E-state index contributed by atoms with van der Waals surface area (Å²) in [6, 6.07) is 6.33. The van der Waals surface area contributed by atoms with Crippen molar-refractivity contribution in [2.75, 3.05) is 0 Å². The maximum atomic E-state index is 12.4. The molecular weight excluding hydrogens is 318 g/mol. The van der Waals surface area contributed by atoms with Gasteiger partial charge >= 0.3 is 6.03 Å². The third-order valence-electron chi connectivity index (χ3n) is 3.83. The van der Waals surface area contributed by atoms with Crippen LogP contribution in [0.2, 0.25) is 5.02 Å². The lowest BCUT2D eigenvalue weighted by Crippen LogP contribution is -2.51. The summed E-state index contributed by atoms with van der Waals surface area (Å²) in [5.41, 5.74) is 0.854. The Bertz CT molecular complexity index is 710.